The fraction of sp³-hybridized carbons (Fsp3) is 0.290. The van der Waals surface area contributed by atoms with E-state index in [2.05, 4.69) is 36.0 Å². The summed E-state index contributed by atoms with van der Waals surface area (Å²) in [6.45, 7) is 3.24. The summed E-state index contributed by atoms with van der Waals surface area (Å²) in [5.41, 5.74) is 2.24. The highest BCUT2D eigenvalue weighted by Gasteiger charge is 2.39. The first-order chi connectivity index (χ1) is 21.3. The van der Waals surface area contributed by atoms with Crippen molar-refractivity contribution < 1.29 is 17.6 Å². The monoisotopic (exact) mass is 679 g/mol. The molecule has 2 saturated heterocycles. The van der Waals surface area contributed by atoms with E-state index in [0.717, 1.165) is 46.8 Å². The number of rotatable bonds is 8. The lowest BCUT2D eigenvalue weighted by Gasteiger charge is -2.35. The first-order valence-corrected chi connectivity index (χ1v) is 16.6. The minimum atomic E-state index is -3.96. The van der Waals surface area contributed by atoms with E-state index in [9.17, 15) is 17.6 Å². The van der Waals surface area contributed by atoms with Gasteiger partial charge >= 0.3 is 0 Å². The minimum absolute atomic E-state index is 0.0404. The van der Waals surface area contributed by atoms with Crippen molar-refractivity contribution in [3.63, 3.8) is 0 Å². The molecule has 6 rings (SSSR count). The number of amides is 1. The van der Waals surface area contributed by atoms with Gasteiger partial charge in [-0.2, -0.15) is 4.31 Å². The van der Waals surface area contributed by atoms with Crippen LogP contribution in [0.1, 0.15) is 18.5 Å². The Bertz CT molecular complexity index is 1720. The Balaban J connectivity index is 1.20. The van der Waals surface area contributed by atoms with Crippen molar-refractivity contribution in [3.8, 4) is 11.3 Å². The number of nitrogens with zero attached hydrogens (tertiary/aromatic N) is 6. The summed E-state index contributed by atoms with van der Waals surface area (Å²) >= 11 is 3.48. The molecule has 2 aliphatic heterocycles. The molecule has 2 aromatic heterocycles. The zero-order valence-corrected chi connectivity index (χ0v) is 26.2. The van der Waals surface area contributed by atoms with Gasteiger partial charge in [-0.1, -0.05) is 34.1 Å². The topological polar surface area (TPSA) is 112 Å². The van der Waals surface area contributed by atoms with Crippen molar-refractivity contribution in [2.24, 2.45) is 0 Å². The first-order valence-electron chi connectivity index (χ1n) is 14.4. The Labute approximate surface area is 264 Å². The molecule has 0 spiro atoms. The van der Waals surface area contributed by atoms with Crippen LogP contribution in [-0.4, -0.2) is 72.3 Å². The maximum Gasteiger partial charge on any atom is 0.243 e. The average molecular weight is 681 g/mol. The molecule has 0 saturated carbocycles. The van der Waals surface area contributed by atoms with Crippen LogP contribution < -0.4 is 15.1 Å². The van der Waals surface area contributed by atoms with Crippen molar-refractivity contribution in [2.75, 3.05) is 42.5 Å². The molecule has 1 unspecified atom stereocenters. The molecule has 44 heavy (non-hydrogen) atoms. The van der Waals surface area contributed by atoms with Crippen LogP contribution in [0.4, 0.5) is 16.2 Å². The number of aromatic nitrogens is 3. The molecule has 13 heteroatoms. The molecule has 10 nitrogen and oxygen atoms in total. The smallest absolute Gasteiger partial charge is 0.243 e. The van der Waals surface area contributed by atoms with Gasteiger partial charge in [0.2, 0.25) is 21.9 Å². The van der Waals surface area contributed by atoms with Crippen LogP contribution in [0.2, 0.25) is 0 Å². The number of hydrogen-bond donors (Lipinski definition) is 1. The number of anilines is 2. The van der Waals surface area contributed by atoms with Crippen LogP contribution in [0.5, 0.6) is 0 Å². The second-order valence-corrected chi connectivity index (χ2v) is 13.5. The van der Waals surface area contributed by atoms with E-state index in [1.54, 1.807) is 6.20 Å². The molecule has 0 bridgehead atoms. The number of nitrogens with one attached hydrogen (secondary N) is 1. The molecule has 1 N–H and O–H groups in total. The van der Waals surface area contributed by atoms with Crippen LogP contribution >= 0.6 is 15.9 Å². The summed E-state index contributed by atoms with van der Waals surface area (Å²) in [6, 6.07) is 19.3. The molecule has 2 fully saturated rings. The van der Waals surface area contributed by atoms with Crippen molar-refractivity contribution in [2.45, 2.75) is 30.3 Å². The average Bonchev–Trinajstić information content (AvgIpc) is 3.56. The lowest BCUT2D eigenvalue weighted by molar-refractivity contribution is -0.124. The Morgan fingerprint density at radius 2 is 1.66 bits per heavy atom. The Morgan fingerprint density at radius 3 is 2.36 bits per heavy atom. The van der Waals surface area contributed by atoms with Crippen LogP contribution in [-0.2, 0) is 21.4 Å². The van der Waals surface area contributed by atoms with Crippen LogP contribution in [0.15, 0.2) is 88.4 Å². The summed E-state index contributed by atoms with van der Waals surface area (Å²) in [5.74, 6) is 0.572. The van der Waals surface area contributed by atoms with Gasteiger partial charge in [0.15, 0.2) is 0 Å². The highest BCUT2D eigenvalue weighted by atomic mass is 79.9. The van der Waals surface area contributed by atoms with Crippen LogP contribution in [0, 0.1) is 5.82 Å². The summed E-state index contributed by atoms with van der Waals surface area (Å²) in [6.07, 6.45) is 2.73. The normalized spacial score (nSPS) is 17.5. The number of pyridine rings is 1. The quantitative estimate of drug-likeness (QED) is 0.295. The lowest BCUT2D eigenvalue weighted by atomic mass is 10.1. The van der Waals surface area contributed by atoms with E-state index >= 15 is 0 Å². The summed E-state index contributed by atoms with van der Waals surface area (Å²) in [7, 11) is -3.96. The SMILES string of the molecule is O=C(NCc1cc(-c2ccc(Br)cc2)nc(N2CCN(c3ccccn3)CC2)n1)C1CCCN1S(=O)(=O)c1ccc(F)cc1. The van der Waals surface area contributed by atoms with Crippen LogP contribution in [0.25, 0.3) is 11.3 Å². The summed E-state index contributed by atoms with van der Waals surface area (Å²) in [5, 5.41) is 2.91. The van der Waals surface area contributed by atoms with Gasteiger partial charge < -0.3 is 15.1 Å². The molecule has 2 aliphatic rings. The summed E-state index contributed by atoms with van der Waals surface area (Å²) in [4.78, 5) is 31.8. The van der Waals surface area contributed by atoms with Gasteiger partial charge in [-0.3, -0.25) is 4.79 Å². The third kappa shape index (κ3) is 6.59. The highest BCUT2D eigenvalue weighted by molar-refractivity contribution is 9.10. The van der Waals surface area contributed by atoms with E-state index < -0.39 is 27.8 Å². The standard InChI is InChI=1S/C31H31BrFN7O3S/c32-23-8-6-22(7-9-23)27-20-25(36-31(37-27)39-18-16-38(17-19-39)29-5-1-2-14-34-29)21-35-30(41)28-4-3-15-40(28)44(42,43)26-12-10-24(33)11-13-26/h1-2,5-14,20,28H,3-4,15-19,21H2,(H,35,41). The number of halogens is 2. The molecular formula is C31H31BrFN7O3S. The molecule has 228 valence electrons. The second-order valence-electron chi connectivity index (χ2n) is 10.7. The number of carbonyl (C=O) groups excluding carboxylic acids is 1. The third-order valence-corrected chi connectivity index (χ3v) is 10.3. The fourth-order valence-electron chi connectivity index (χ4n) is 5.49. The van der Waals surface area contributed by atoms with Gasteiger partial charge in [-0.25, -0.2) is 27.8 Å². The van der Waals surface area contributed by atoms with Crippen molar-refractivity contribution in [1.29, 1.82) is 0 Å². The minimum Gasteiger partial charge on any atom is -0.353 e. The van der Waals surface area contributed by atoms with Crippen LogP contribution in [0.3, 0.4) is 0 Å². The van der Waals surface area contributed by atoms with Gasteiger partial charge in [0, 0.05) is 49.0 Å². The van der Waals surface area contributed by atoms with E-state index in [4.69, 9.17) is 9.97 Å². The number of piperazine rings is 1. The lowest BCUT2D eigenvalue weighted by Crippen LogP contribution is -2.47. The van der Waals surface area contributed by atoms with Crippen molar-refractivity contribution >= 4 is 43.6 Å². The van der Waals surface area contributed by atoms with Gasteiger partial charge in [-0.05, 0) is 67.4 Å². The first kappa shape index (κ1) is 30.1. The summed E-state index contributed by atoms with van der Waals surface area (Å²) < 4.78 is 42.1. The molecule has 4 heterocycles. The Kier molecular flexibility index (Phi) is 8.87. The maximum atomic E-state index is 13.4. The third-order valence-electron chi connectivity index (χ3n) is 7.81. The number of hydrogen-bond acceptors (Lipinski definition) is 8. The molecule has 0 aliphatic carbocycles. The van der Waals surface area contributed by atoms with Gasteiger partial charge in [0.1, 0.15) is 17.7 Å². The van der Waals surface area contributed by atoms with Crippen molar-refractivity contribution in [3.05, 3.63) is 95.0 Å². The molecule has 1 atom stereocenters. The highest BCUT2D eigenvalue weighted by Crippen LogP contribution is 2.27. The van der Waals surface area contributed by atoms with Crippen molar-refractivity contribution in [1.82, 2.24) is 24.6 Å². The van der Waals surface area contributed by atoms with Gasteiger partial charge in [-0.15, -0.1) is 0 Å². The number of sulfonamides is 1. The molecule has 2 aromatic carbocycles. The van der Waals surface area contributed by atoms with Gasteiger partial charge in [0.05, 0.1) is 22.8 Å². The Morgan fingerprint density at radius 1 is 0.932 bits per heavy atom. The number of carbonyl (C=O) groups is 1. The predicted molar refractivity (Wildman–Crippen MR) is 169 cm³/mol. The largest absolute Gasteiger partial charge is 0.353 e. The van der Waals surface area contributed by atoms with E-state index in [0.29, 0.717) is 37.6 Å². The second kappa shape index (κ2) is 13.0. The van der Waals surface area contributed by atoms with Gasteiger partial charge in [0.25, 0.3) is 0 Å². The molecule has 4 aromatic rings. The zero-order valence-electron chi connectivity index (χ0n) is 23.8. The number of benzene rings is 2. The van der Waals surface area contributed by atoms with E-state index in [-0.39, 0.29) is 18.0 Å². The molecule has 1 amide bonds. The predicted octanol–water partition coefficient (Wildman–Crippen LogP) is 4.24. The van der Waals surface area contributed by atoms with E-state index in [1.807, 2.05) is 48.5 Å². The fourth-order valence-corrected chi connectivity index (χ4v) is 7.41. The van der Waals surface area contributed by atoms with E-state index in [1.165, 1.54) is 16.4 Å². The molecule has 0 radical (unpaired) electrons. The maximum absolute atomic E-state index is 13.4. The Hall–Kier alpha value is -3.94. The zero-order chi connectivity index (χ0) is 30.7. The molecular weight excluding hydrogens is 649 g/mol.